The molecular formula is C15H19N3O. The van der Waals surface area contributed by atoms with E-state index in [9.17, 15) is 0 Å². The molecule has 0 saturated carbocycles. The van der Waals surface area contributed by atoms with Crippen molar-refractivity contribution in [3.8, 4) is 5.75 Å². The summed E-state index contributed by atoms with van der Waals surface area (Å²) in [6.45, 7) is 2.61. The van der Waals surface area contributed by atoms with Crippen LogP contribution in [0.4, 0.5) is 5.82 Å². The molecule has 4 nitrogen and oxygen atoms in total. The van der Waals surface area contributed by atoms with Crippen molar-refractivity contribution in [2.45, 2.75) is 19.4 Å². The second-order valence-corrected chi connectivity index (χ2v) is 4.36. The van der Waals surface area contributed by atoms with Crippen molar-refractivity contribution in [2.24, 2.45) is 5.73 Å². The van der Waals surface area contributed by atoms with Gasteiger partial charge in [0.25, 0.3) is 0 Å². The highest BCUT2D eigenvalue weighted by Crippen LogP contribution is 2.22. The topological polar surface area (TPSA) is 74.2 Å². The van der Waals surface area contributed by atoms with Gasteiger partial charge >= 0.3 is 0 Å². The zero-order valence-electron chi connectivity index (χ0n) is 11.0. The molecule has 2 aromatic rings. The number of nitrogen functional groups attached to an aromatic ring is 1. The van der Waals surface area contributed by atoms with Gasteiger partial charge in [-0.05, 0) is 42.7 Å². The second kappa shape index (κ2) is 6.20. The molecule has 1 unspecified atom stereocenters. The van der Waals surface area contributed by atoms with E-state index in [2.05, 4.69) is 4.98 Å². The van der Waals surface area contributed by atoms with E-state index in [1.54, 1.807) is 6.20 Å². The summed E-state index contributed by atoms with van der Waals surface area (Å²) in [7, 11) is 0. The number of benzene rings is 1. The molecule has 0 saturated heterocycles. The van der Waals surface area contributed by atoms with Gasteiger partial charge < -0.3 is 16.2 Å². The molecule has 2 rings (SSSR count). The van der Waals surface area contributed by atoms with Crippen LogP contribution in [0.2, 0.25) is 0 Å². The molecule has 0 aliphatic rings. The van der Waals surface area contributed by atoms with E-state index in [1.807, 2.05) is 43.3 Å². The maximum absolute atomic E-state index is 6.22. The van der Waals surface area contributed by atoms with Crippen LogP contribution in [0.25, 0.3) is 0 Å². The molecule has 19 heavy (non-hydrogen) atoms. The van der Waals surface area contributed by atoms with Gasteiger partial charge in [-0.15, -0.1) is 0 Å². The third kappa shape index (κ3) is 3.45. The lowest BCUT2D eigenvalue weighted by Crippen LogP contribution is -2.14. The van der Waals surface area contributed by atoms with Crippen molar-refractivity contribution in [2.75, 3.05) is 12.3 Å². The Labute approximate surface area is 113 Å². The van der Waals surface area contributed by atoms with Crippen molar-refractivity contribution in [3.05, 3.63) is 53.7 Å². The molecule has 0 bridgehead atoms. The zero-order chi connectivity index (χ0) is 13.7. The molecule has 4 heteroatoms. The van der Waals surface area contributed by atoms with Gasteiger partial charge in [-0.25, -0.2) is 4.98 Å². The number of hydrogen-bond donors (Lipinski definition) is 2. The van der Waals surface area contributed by atoms with Crippen LogP contribution < -0.4 is 16.2 Å². The molecule has 1 aromatic carbocycles. The molecule has 0 radical (unpaired) electrons. The number of aromatic nitrogens is 1. The van der Waals surface area contributed by atoms with E-state index < -0.39 is 0 Å². The molecule has 0 spiro atoms. The number of ether oxygens (including phenoxy) is 1. The van der Waals surface area contributed by atoms with Gasteiger partial charge in [0.15, 0.2) is 0 Å². The molecule has 0 aliphatic carbocycles. The summed E-state index contributed by atoms with van der Waals surface area (Å²) in [5.74, 6) is 1.38. The normalized spacial score (nSPS) is 12.1. The molecule has 1 atom stereocenters. The Morgan fingerprint density at radius 1 is 1.26 bits per heavy atom. The summed E-state index contributed by atoms with van der Waals surface area (Å²) in [6.07, 6.45) is 2.34. The Kier molecular flexibility index (Phi) is 4.36. The van der Waals surface area contributed by atoms with E-state index >= 15 is 0 Å². The molecule has 0 amide bonds. The first-order valence-electron chi connectivity index (χ1n) is 6.38. The zero-order valence-corrected chi connectivity index (χ0v) is 11.0. The van der Waals surface area contributed by atoms with Crippen LogP contribution in [0.1, 0.15) is 24.1 Å². The minimum Gasteiger partial charge on any atom is -0.494 e. The maximum atomic E-state index is 6.22. The van der Waals surface area contributed by atoms with Gasteiger partial charge in [-0.3, -0.25) is 0 Å². The van der Waals surface area contributed by atoms with Crippen LogP contribution in [0.3, 0.4) is 0 Å². The summed E-state index contributed by atoms with van der Waals surface area (Å²) in [4.78, 5) is 4.07. The number of rotatable bonds is 5. The first kappa shape index (κ1) is 13.4. The quantitative estimate of drug-likeness (QED) is 0.862. The van der Waals surface area contributed by atoms with E-state index in [4.69, 9.17) is 16.2 Å². The number of hydrogen-bond acceptors (Lipinski definition) is 4. The van der Waals surface area contributed by atoms with Crippen LogP contribution in [0, 0.1) is 0 Å². The molecule has 0 aliphatic heterocycles. The van der Waals surface area contributed by atoms with Crippen LogP contribution >= 0.6 is 0 Å². The number of pyridine rings is 1. The molecule has 1 aromatic heterocycles. The van der Waals surface area contributed by atoms with Crippen LogP contribution in [0.5, 0.6) is 5.75 Å². The fourth-order valence-corrected chi connectivity index (χ4v) is 1.98. The van der Waals surface area contributed by atoms with E-state index in [0.29, 0.717) is 18.8 Å². The first-order valence-corrected chi connectivity index (χ1v) is 6.38. The lowest BCUT2D eigenvalue weighted by atomic mass is 10.00. The van der Waals surface area contributed by atoms with Gasteiger partial charge in [0, 0.05) is 12.2 Å². The van der Waals surface area contributed by atoms with Crippen molar-refractivity contribution in [1.82, 2.24) is 4.98 Å². The Morgan fingerprint density at radius 2 is 2.11 bits per heavy atom. The minimum absolute atomic E-state index is 0.119. The number of anilines is 1. The van der Waals surface area contributed by atoms with Crippen LogP contribution in [-0.2, 0) is 6.42 Å². The third-order valence-corrected chi connectivity index (χ3v) is 2.96. The lowest BCUT2D eigenvalue weighted by molar-refractivity contribution is 0.339. The largest absolute Gasteiger partial charge is 0.494 e. The third-order valence-electron chi connectivity index (χ3n) is 2.96. The maximum Gasteiger partial charge on any atom is 0.126 e. The predicted molar refractivity (Wildman–Crippen MR) is 76.9 cm³/mol. The highest BCUT2D eigenvalue weighted by Gasteiger charge is 2.10. The van der Waals surface area contributed by atoms with Crippen molar-refractivity contribution in [1.29, 1.82) is 0 Å². The summed E-state index contributed by atoms with van der Waals surface area (Å²) >= 11 is 0. The van der Waals surface area contributed by atoms with Crippen molar-refractivity contribution >= 4 is 5.82 Å². The summed E-state index contributed by atoms with van der Waals surface area (Å²) in [5, 5.41) is 0. The Balaban J connectivity index is 2.13. The highest BCUT2D eigenvalue weighted by atomic mass is 16.5. The van der Waals surface area contributed by atoms with Crippen molar-refractivity contribution < 1.29 is 4.74 Å². The van der Waals surface area contributed by atoms with Gasteiger partial charge in [-0.2, -0.15) is 0 Å². The Morgan fingerprint density at radius 3 is 2.84 bits per heavy atom. The first-order chi connectivity index (χ1) is 9.20. The Bertz CT molecular complexity index is 542. The van der Waals surface area contributed by atoms with Crippen molar-refractivity contribution in [3.63, 3.8) is 0 Å². The minimum atomic E-state index is -0.119. The van der Waals surface area contributed by atoms with E-state index in [1.165, 1.54) is 0 Å². The smallest absolute Gasteiger partial charge is 0.126 e. The molecule has 1 heterocycles. The average Bonchev–Trinajstić information content (AvgIpc) is 2.42. The van der Waals surface area contributed by atoms with Gasteiger partial charge in [0.05, 0.1) is 6.61 Å². The fourth-order valence-electron chi connectivity index (χ4n) is 1.98. The fraction of sp³-hybridized carbons (Fsp3) is 0.267. The number of nitrogens with two attached hydrogens (primary N) is 2. The average molecular weight is 257 g/mol. The number of nitrogens with zero attached hydrogens (tertiary/aromatic N) is 1. The Hall–Kier alpha value is -2.07. The predicted octanol–water partition coefficient (Wildman–Crippen LogP) is 2.30. The van der Waals surface area contributed by atoms with Crippen LogP contribution in [0.15, 0.2) is 42.6 Å². The SMILES string of the molecule is CCOc1cccc(C(N)Cc2cccnc2N)c1. The molecule has 0 fully saturated rings. The van der Waals surface area contributed by atoms with Gasteiger partial charge in [0.1, 0.15) is 11.6 Å². The molecule has 4 N–H and O–H groups in total. The molecule has 100 valence electrons. The van der Waals surface area contributed by atoms with Gasteiger partial charge in [0.2, 0.25) is 0 Å². The standard InChI is InChI=1S/C15H19N3O/c1-2-19-13-7-3-5-11(9-13)14(16)10-12-6-4-8-18-15(12)17/h3-9,14H,2,10,16H2,1H3,(H2,17,18). The summed E-state index contributed by atoms with van der Waals surface area (Å²) in [5.41, 5.74) is 14.1. The summed E-state index contributed by atoms with van der Waals surface area (Å²) in [6, 6.07) is 11.6. The highest BCUT2D eigenvalue weighted by molar-refractivity contribution is 5.40. The molecular weight excluding hydrogens is 238 g/mol. The summed E-state index contributed by atoms with van der Waals surface area (Å²) < 4.78 is 5.48. The monoisotopic (exact) mass is 257 g/mol. The van der Waals surface area contributed by atoms with Crippen LogP contribution in [-0.4, -0.2) is 11.6 Å². The second-order valence-electron chi connectivity index (χ2n) is 4.36. The van der Waals surface area contributed by atoms with Gasteiger partial charge in [-0.1, -0.05) is 18.2 Å². The van der Waals surface area contributed by atoms with E-state index in [0.717, 1.165) is 16.9 Å². The van der Waals surface area contributed by atoms with E-state index in [-0.39, 0.29) is 6.04 Å². The lowest BCUT2D eigenvalue weighted by Gasteiger charge is -2.14.